The second-order valence-electron chi connectivity index (χ2n) is 6.43. The fraction of sp³-hybridized carbons (Fsp3) is 0.625. The summed E-state index contributed by atoms with van der Waals surface area (Å²) in [7, 11) is 1.69. The van der Waals surface area contributed by atoms with Gasteiger partial charge in [-0.15, -0.1) is 0 Å². The zero-order chi connectivity index (χ0) is 14.8. The number of methoxy groups -OCH3 is 1. The zero-order valence-electron chi connectivity index (χ0n) is 12.6. The Labute approximate surface area is 130 Å². The molecule has 2 unspecified atom stereocenters. The van der Waals surface area contributed by atoms with Crippen molar-refractivity contribution in [1.82, 2.24) is 5.43 Å². The topological polar surface area (TPSA) is 47.3 Å². The van der Waals surface area contributed by atoms with Gasteiger partial charge in [0.15, 0.2) is 0 Å². The Balaban J connectivity index is 2.12. The molecule has 4 heteroatoms. The molecule has 0 radical (unpaired) electrons. The Morgan fingerprint density at radius 1 is 1.50 bits per heavy atom. The Kier molecular flexibility index (Phi) is 5.10. The Morgan fingerprint density at radius 2 is 2.25 bits per heavy atom. The van der Waals surface area contributed by atoms with Gasteiger partial charge >= 0.3 is 0 Å². The summed E-state index contributed by atoms with van der Waals surface area (Å²) in [4.78, 5) is 0. The van der Waals surface area contributed by atoms with Crippen molar-refractivity contribution < 1.29 is 4.74 Å². The summed E-state index contributed by atoms with van der Waals surface area (Å²) in [5, 5.41) is 0. The van der Waals surface area contributed by atoms with E-state index in [2.05, 4.69) is 47.3 Å². The third-order valence-corrected chi connectivity index (χ3v) is 5.33. The van der Waals surface area contributed by atoms with Crippen LogP contribution < -0.4 is 16.0 Å². The molecule has 0 aromatic heterocycles. The molecule has 1 aliphatic rings. The van der Waals surface area contributed by atoms with E-state index in [1.54, 1.807) is 7.11 Å². The van der Waals surface area contributed by atoms with Crippen molar-refractivity contribution in [1.29, 1.82) is 0 Å². The summed E-state index contributed by atoms with van der Waals surface area (Å²) in [6.45, 7) is 4.72. The molecule has 1 aliphatic carbocycles. The van der Waals surface area contributed by atoms with Crippen molar-refractivity contribution in [2.75, 3.05) is 7.11 Å². The first-order valence-corrected chi connectivity index (χ1v) is 8.06. The highest BCUT2D eigenvalue weighted by atomic mass is 79.9. The first kappa shape index (κ1) is 15.8. The van der Waals surface area contributed by atoms with Crippen molar-refractivity contribution in [3.63, 3.8) is 0 Å². The average Bonchev–Trinajstić information content (AvgIpc) is 2.76. The highest BCUT2D eigenvalue weighted by molar-refractivity contribution is 9.10. The summed E-state index contributed by atoms with van der Waals surface area (Å²) in [5.74, 6) is 7.33. The van der Waals surface area contributed by atoms with E-state index in [0.717, 1.165) is 16.6 Å². The zero-order valence-corrected chi connectivity index (χ0v) is 14.2. The second-order valence-corrected chi connectivity index (χ2v) is 7.29. The van der Waals surface area contributed by atoms with E-state index in [1.807, 2.05) is 6.07 Å². The van der Waals surface area contributed by atoms with E-state index in [1.165, 1.54) is 24.8 Å². The number of hydrogen-bond donors (Lipinski definition) is 2. The van der Waals surface area contributed by atoms with Crippen molar-refractivity contribution in [3.05, 3.63) is 28.2 Å². The average molecular weight is 341 g/mol. The molecule has 0 amide bonds. The normalized spacial score (nSPS) is 22.8. The van der Waals surface area contributed by atoms with Gasteiger partial charge in [-0.1, -0.05) is 26.3 Å². The van der Waals surface area contributed by atoms with Gasteiger partial charge in [-0.25, -0.2) is 0 Å². The van der Waals surface area contributed by atoms with Gasteiger partial charge in [0.2, 0.25) is 0 Å². The fourth-order valence-corrected chi connectivity index (χ4v) is 4.10. The monoisotopic (exact) mass is 340 g/mol. The standard InChI is InChI=1S/C16H25BrN2O/c1-16(2)8-4-5-12(16)14(19-18)10-11-6-7-15(20-3)13(17)9-11/h6-7,9,12,14,19H,4-5,8,10,18H2,1-3H3. The number of ether oxygens (including phenoxy) is 1. The van der Waals surface area contributed by atoms with Crippen molar-refractivity contribution in [2.24, 2.45) is 17.2 Å². The molecule has 20 heavy (non-hydrogen) atoms. The number of hydrazine groups is 1. The van der Waals surface area contributed by atoms with E-state index in [4.69, 9.17) is 10.6 Å². The van der Waals surface area contributed by atoms with Crippen LogP contribution >= 0.6 is 15.9 Å². The number of hydrogen-bond acceptors (Lipinski definition) is 3. The molecule has 0 spiro atoms. The molecule has 0 bridgehead atoms. The minimum absolute atomic E-state index is 0.327. The van der Waals surface area contributed by atoms with Crippen molar-refractivity contribution >= 4 is 15.9 Å². The molecular formula is C16H25BrN2O. The largest absolute Gasteiger partial charge is 0.496 e. The van der Waals surface area contributed by atoms with Gasteiger partial charge < -0.3 is 4.74 Å². The van der Waals surface area contributed by atoms with Crippen LogP contribution in [-0.2, 0) is 6.42 Å². The number of rotatable bonds is 5. The summed E-state index contributed by atoms with van der Waals surface area (Å²) in [5.41, 5.74) is 4.71. The molecule has 3 nitrogen and oxygen atoms in total. The lowest BCUT2D eigenvalue weighted by molar-refractivity contribution is 0.196. The predicted octanol–water partition coefficient (Wildman–Crippen LogP) is 3.66. The van der Waals surface area contributed by atoms with E-state index < -0.39 is 0 Å². The molecule has 3 N–H and O–H groups in total. The lowest BCUT2D eigenvalue weighted by Crippen LogP contribution is -2.45. The van der Waals surface area contributed by atoms with Crippen LogP contribution in [0.5, 0.6) is 5.75 Å². The number of benzene rings is 1. The first-order valence-electron chi connectivity index (χ1n) is 7.26. The molecule has 0 heterocycles. The van der Waals surface area contributed by atoms with Crippen LogP contribution in [0.4, 0.5) is 0 Å². The predicted molar refractivity (Wildman–Crippen MR) is 86.6 cm³/mol. The SMILES string of the molecule is COc1ccc(CC(NN)C2CCCC2(C)C)cc1Br. The van der Waals surface area contributed by atoms with E-state index >= 15 is 0 Å². The van der Waals surface area contributed by atoms with Crippen LogP contribution in [0.15, 0.2) is 22.7 Å². The van der Waals surface area contributed by atoms with Crippen molar-refractivity contribution in [2.45, 2.75) is 45.6 Å². The lowest BCUT2D eigenvalue weighted by Gasteiger charge is -2.34. The molecule has 1 saturated carbocycles. The summed E-state index contributed by atoms with van der Waals surface area (Å²) >= 11 is 3.55. The minimum Gasteiger partial charge on any atom is -0.496 e. The third-order valence-electron chi connectivity index (χ3n) is 4.71. The van der Waals surface area contributed by atoms with Gasteiger partial charge in [-0.05, 0) is 64.2 Å². The molecule has 1 fully saturated rings. The van der Waals surface area contributed by atoms with Crippen LogP contribution in [0.25, 0.3) is 0 Å². The summed E-state index contributed by atoms with van der Waals surface area (Å²) in [6.07, 6.45) is 4.82. The highest BCUT2D eigenvalue weighted by Gasteiger charge is 2.39. The maximum atomic E-state index is 5.83. The van der Waals surface area contributed by atoms with Crippen LogP contribution in [-0.4, -0.2) is 13.2 Å². The van der Waals surface area contributed by atoms with Crippen molar-refractivity contribution in [3.8, 4) is 5.75 Å². The Bertz CT molecular complexity index is 462. The van der Waals surface area contributed by atoms with Crippen LogP contribution in [0, 0.1) is 11.3 Å². The van der Waals surface area contributed by atoms with Crippen LogP contribution in [0.2, 0.25) is 0 Å². The minimum atomic E-state index is 0.327. The van der Waals surface area contributed by atoms with Gasteiger partial charge in [-0.3, -0.25) is 11.3 Å². The third kappa shape index (κ3) is 3.35. The highest BCUT2D eigenvalue weighted by Crippen LogP contribution is 2.44. The van der Waals surface area contributed by atoms with E-state index in [0.29, 0.717) is 17.4 Å². The van der Waals surface area contributed by atoms with Gasteiger partial charge in [0, 0.05) is 6.04 Å². The number of halogens is 1. The molecule has 1 aromatic rings. The van der Waals surface area contributed by atoms with E-state index in [9.17, 15) is 0 Å². The maximum Gasteiger partial charge on any atom is 0.133 e. The van der Waals surface area contributed by atoms with E-state index in [-0.39, 0.29) is 0 Å². The van der Waals surface area contributed by atoms with Gasteiger partial charge in [0.05, 0.1) is 11.6 Å². The quantitative estimate of drug-likeness (QED) is 0.635. The Morgan fingerprint density at radius 3 is 2.75 bits per heavy atom. The maximum absolute atomic E-state index is 5.83. The number of nitrogens with two attached hydrogens (primary N) is 1. The summed E-state index contributed by atoms with van der Waals surface area (Å²) < 4.78 is 6.28. The first-order chi connectivity index (χ1) is 9.47. The molecule has 2 rings (SSSR count). The Hall–Kier alpha value is -0.580. The van der Waals surface area contributed by atoms with Crippen LogP contribution in [0.3, 0.4) is 0 Å². The molecular weight excluding hydrogens is 316 g/mol. The number of nitrogens with one attached hydrogen (secondary N) is 1. The van der Waals surface area contributed by atoms with Gasteiger partial charge in [0.1, 0.15) is 5.75 Å². The molecule has 0 aliphatic heterocycles. The molecule has 1 aromatic carbocycles. The lowest BCUT2D eigenvalue weighted by atomic mass is 9.76. The second kappa shape index (κ2) is 6.46. The smallest absolute Gasteiger partial charge is 0.133 e. The van der Waals surface area contributed by atoms with Crippen LogP contribution in [0.1, 0.15) is 38.7 Å². The fourth-order valence-electron chi connectivity index (χ4n) is 3.51. The summed E-state index contributed by atoms with van der Waals surface area (Å²) in [6, 6.07) is 6.58. The molecule has 0 saturated heterocycles. The molecule has 2 atom stereocenters. The van der Waals surface area contributed by atoms with Gasteiger partial charge in [-0.2, -0.15) is 0 Å². The van der Waals surface area contributed by atoms with Gasteiger partial charge in [0.25, 0.3) is 0 Å². The molecule has 112 valence electrons.